The van der Waals surface area contributed by atoms with Gasteiger partial charge in [0.2, 0.25) is 0 Å². The third kappa shape index (κ3) is 2.91. The van der Waals surface area contributed by atoms with Gasteiger partial charge in [-0.05, 0) is 40.2 Å². The van der Waals surface area contributed by atoms with Crippen LogP contribution < -0.4 is 9.47 Å². The number of benzene rings is 1. The Morgan fingerprint density at radius 2 is 1.95 bits per heavy atom. The van der Waals surface area contributed by atoms with Crippen LogP contribution in [0.15, 0.2) is 34.9 Å². The Bertz CT molecular complexity index is 658. The number of methoxy groups -OCH3 is 2. The Balaban J connectivity index is 2.58. The van der Waals surface area contributed by atoms with Crippen LogP contribution in [0.5, 0.6) is 11.5 Å². The summed E-state index contributed by atoms with van der Waals surface area (Å²) in [6.45, 7) is 0. The maximum atomic E-state index is 11.1. The molecule has 0 aliphatic carbocycles. The van der Waals surface area contributed by atoms with Crippen molar-refractivity contribution in [3.8, 4) is 22.8 Å². The van der Waals surface area contributed by atoms with Crippen molar-refractivity contribution in [2.24, 2.45) is 0 Å². The monoisotopic (exact) mass is 337 g/mol. The number of hydrogen-bond acceptors (Lipinski definition) is 4. The smallest absolute Gasteiger partial charge is 0.335 e. The number of rotatable bonds is 4. The predicted octanol–water partition coefficient (Wildman–Crippen LogP) is 3.23. The van der Waals surface area contributed by atoms with E-state index >= 15 is 0 Å². The molecule has 0 bridgehead atoms. The van der Waals surface area contributed by atoms with E-state index in [-0.39, 0.29) is 5.56 Å². The van der Waals surface area contributed by atoms with Crippen molar-refractivity contribution in [1.82, 2.24) is 4.98 Å². The van der Waals surface area contributed by atoms with Gasteiger partial charge >= 0.3 is 5.97 Å². The van der Waals surface area contributed by atoms with Crippen LogP contribution in [0.2, 0.25) is 0 Å². The summed E-state index contributed by atoms with van der Waals surface area (Å²) in [7, 11) is 3.10. The Labute approximate surface area is 124 Å². The van der Waals surface area contributed by atoms with Gasteiger partial charge in [0.15, 0.2) is 0 Å². The molecular weight excluding hydrogens is 326 g/mol. The summed E-state index contributed by atoms with van der Waals surface area (Å²) in [5.74, 6) is 0.201. The Hall–Kier alpha value is -2.08. The molecule has 0 atom stereocenters. The van der Waals surface area contributed by atoms with Crippen LogP contribution in [0.25, 0.3) is 11.3 Å². The van der Waals surface area contributed by atoms with Crippen LogP contribution in [0.1, 0.15) is 10.4 Å². The van der Waals surface area contributed by atoms with E-state index in [1.807, 2.05) is 0 Å². The Morgan fingerprint density at radius 1 is 1.20 bits per heavy atom. The number of aromatic nitrogens is 1. The lowest BCUT2D eigenvalue weighted by atomic mass is 10.1. The van der Waals surface area contributed by atoms with Gasteiger partial charge in [0.25, 0.3) is 0 Å². The molecule has 0 amide bonds. The average Bonchev–Trinajstić information content (AvgIpc) is 2.45. The molecule has 0 unspecified atom stereocenters. The fourth-order valence-corrected chi connectivity index (χ4v) is 2.21. The average molecular weight is 338 g/mol. The topological polar surface area (TPSA) is 68.7 Å². The molecule has 20 heavy (non-hydrogen) atoms. The van der Waals surface area contributed by atoms with Crippen LogP contribution in [0.4, 0.5) is 0 Å². The summed E-state index contributed by atoms with van der Waals surface area (Å²) in [4.78, 5) is 15.4. The van der Waals surface area contributed by atoms with E-state index in [9.17, 15) is 4.79 Å². The first kappa shape index (κ1) is 14.3. The number of carbonyl (C=O) groups is 1. The summed E-state index contributed by atoms with van der Waals surface area (Å²) in [5.41, 5.74) is 1.35. The van der Waals surface area contributed by atoms with Crippen molar-refractivity contribution < 1.29 is 19.4 Å². The van der Waals surface area contributed by atoms with Crippen molar-refractivity contribution in [2.45, 2.75) is 0 Å². The summed E-state index contributed by atoms with van der Waals surface area (Å²) >= 11 is 3.21. The van der Waals surface area contributed by atoms with Gasteiger partial charge in [-0.25, -0.2) is 9.78 Å². The van der Waals surface area contributed by atoms with Gasteiger partial charge in [-0.2, -0.15) is 0 Å². The van der Waals surface area contributed by atoms with Gasteiger partial charge in [0.05, 0.1) is 25.5 Å². The van der Waals surface area contributed by atoms with Crippen molar-refractivity contribution in [3.05, 3.63) is 40.5 Å². The second kappa shape index (κ2) is 5.92. The predicted molar refractivity (Wildman–Crippen MR) is 77.4 cm³/mol. The van der Waals surface area contributed by atoms with E-state index in [4.69, 9.17) is 14.6 Å². The number of carboxylic acids is 1. The van der Waals surface area contributed by atoms with Gasteiger partial charge < -0.3 is 14.6 Å². The zero-order valence-corrected chi connectivity index (χ0v) is 12.5. The highest BCUT2D eigenvalue weighted by atomic mass is 79.9. The Morgan fingerprint density at radius 3 is 2.55 bits per heavy atom. The highest BCUT2D eigenvalue weighted by Crippen LogP contribution is 2.33. The molecule has 1 N–H and O–H groups in total. The first-order valence-corrected chi connectivity index (χ1v) is 6.47. The van der Waals surface area contributed by atoms with Crippen molar-refractivity contribution in [1.29, 1.82) is 0 Å². The second-order valence-electron chi connectivity index (χ2n) is 3.94. The van der Waals surface area contributed by atoms with Gasteiger partial charge in [-0.15, -0.1) is 0 Å². The minimum Gasteiger partial charge on any atom is -0.497 e. The molecule has 104 valence electrons. The summed E-state index contributed by atoms with van der Waals surface area (Å²) in [6, 6.07) is 8.20. The summed E-state index contributed by atoms with van der Waals surface area (Å²) in [6.07, 6.45) is 0. The molecule has 5 nitrogen and oxygen atoms in total. The molecule has 0 saturated heterocycles. The zero-order valence-electron chi connectivity index (χ0n) is 10.9. The quantitative estimate of drug-likeness (QED) is 0.867. The molecule has 0 saturated carbocycles. The third-order valence-corrected chi connectivity index (χ3v) is 3.13. The fraction of sp³-hybridized carbons (Fsp3) is 0.143. The molecule has 2 aromatic rings. The largest absolute Gasteiger partial charge is 0.497 e. The Kier molecular flexibility index (Phi) is 4.24. The van der Waals surface area contributed by atoms with E-state index in [0.29, 0.717) is 27.4 Å². The van der Waals surface area contributed by atoms with E-state index in [1.54, 1.807) is 25.3 Å². The highest BCUT2D eigenvalue weighted by molar-refractivity contribution is 9.10. The number of carboxylic acid groups (broad SMARTS) is 1. The van der Waals surface area contributed by atoms with E-state index in [1.165, 1.54) is 19.2 Å². The molecule has 0 fully saturated rings. The zero-order chi connectivity index (χ0) is 14.7. The molecule has 6 heteroatoms. The standard InChI is InChI=1S/C14H12BrNO4/c1-19-9-3-4-10(12(7-9)20-2)11-5-8(14(17)18)6-13(15)16-11/h3-7H,1-2H3,(H,17,18). The molecule has 1 aromatic heterocycles. The summed E-state index contributed by atoms with van der Waals surface area (Å²) < 4.78 is 10.9. The van der Waals surface area contributed by atoms with Crippen LogP contribution >= 0.6 is 15.9 Å². The second-order valence-corrected chi connectivity index (χ2v) is 4.75. The number of nitrogens with zero attached hydrogens (tertiary/aromatic N) is 1. The van der Waals surface area contributed by atoms with Crippen molar-refractivity contribution in [2.75, 3.05) is 14.2 Å². The number of halogens is 1. The van der Waals surface area contributed by atoms with Crippen LogP contribution in [0.3, 0.4) is 0 Å². The van der Waals surface area contributed by atoms with Gasteiger partial charge in [0, 0.05) is 11.6 Å². The molecule has 2 rings (SSSR count). The maximum Gasteiger partial charge on any atom is 0.335 e. The van der Waals surface area contributed by atoms with Crippen LogP contribution in [0, 0.1) is 0 Å². The molecule has 0 aliphatic heterocycles. The first-order chi connectivity index (χ1) is 9.55. The number of aromatic carboxylic acids is 1. The highest BCUT2D eigenvalue weighted by Gasteiger charge is 2.13. The lowest BCUT2D eigenvalue weighted by Crippen LogP contribution is -1.99. The summed E-state index contributed by atoms with van der Waals surface area (Å²) in [5, 5.41) is 9.09. The third-order valence-electron chi connectivity index (χ3n) is 2.73. The molecule has 0 spiro atoms. The number of ether oxygens (including phenoxy) is 2. The normalized spacial score (nSPS) is 10.2. The maximum absolute atomic E-state index is 11.1. The van der Waals surface area contributed by atoms with Crippen LogP contribution in [-0.4, -0.2) is 30.3 Å². The van der Waals surface area contributed by atoms with E-state index < -0.39 is 5.97 Å². The van der Waals surface area contributed by atoms with E-state index in [0.717, 1.165) is 0 Å². The minimum absolute atomic E-state index is 0.153. The SMILES string of the molecule is COc1ccc(-c2cc(C(=O)O)cc(Br)n2)c(OC)c1. The molecule has 1 heterocycles. The number of pyridine rings is 1. The molecule has 0 aliphatic rings. The fourth-order valence-electron chi connectivity index (χ4n) is 1.77. The lowest BCUT2D eigenvalue weighted by molar-refractivity contribution is 0.0696. The van der Waals surface area contributed by atoms with Crippen molar-refractivity contribution in [3.63, 3.8) is 0 Å². The minimum atomic E-state index is -1.01. The first-order valence-electron chi connectivity index (χ1n) is 5.68. The lowest BCUT2D eigenvalue weighted by Gasteiger charge is -2.10. The molecule has 1 aromatic carbocycles. The molecular formula is C14H12BrNO4. The van der Waals surface area contributed by atoms with Crippen LogP contribution in [-0.2, 0) is 0 Å². The van der Waals surface area contributed by atoms with Gasteiger partial charge in [-0.3, -0.25) is 0 Å². The molecule has 0 radical (unpaired) electrons. The van der Waals surface area contributed by atoms with E-state index in [2.05, 4.69) is 20.9 Å². The van der Waals surface area contributed by atoms with Gasteiger partial charge in [-0.1, -0.05) is 0 Å². The number of hydrogen-bond donors (Lipinski definition) is 1. The van der Waals surface area contributed by atoms with Crippen molar-refractivity contribution >= 4 is 21.9 Å². The van der Waals surface area contributed by atoms with Gasteiger partial charge in [0.1, 0.15) is 16.1 Å².